The predicted molar refractivity (Wildman–Crippen MR) is 71.5 cm³/mol. The van der Waals surface area contributed by atoms with Crippen molar-refractivity contribution in [2.75, 3.05) is 0 Å². The van der Waals surface area contributed by atoms with Crippen molar-refractivity contribution in [1.29, 1.82) is 0 Å². The van der Waals surface area contributed by atoms with Crippen LogP contribution in [0.15, 0.2) is 48.5 Å². The lowest BCUT2D eigenvalue weighted by molar-refractivity contribution is 0.765. The molecule has 17 heavy (non-hydrogen) atoms. The van der Waals surface area contributed by atoms with E-state index < -0.39 is 0 Å². The molecule has 0 saturated carbocycles. The van der Waals surface area contributed by atoms with E-state index in [4.69, 9.17) is 0 Å². The minimum atomic E-state index is 0.835. The third kappa shape index (κ3) is 1.96. The van der Waals surface area contributed by atoms with Crippen LogP contribution in [0.4, 0.5) is 0 Å². The van der Waals surface area contributed by atoms with Gasteiger partial charge in [-0.15, -0.1) is 10.2 Å². The minimum absolute atomic E-state index is 0.835. The molecule has 2 aromatic carbocycles. The second kappa shape index (κ2) is 4.30. The molecule has 84 valence electrons. The predicted octanol–water partition coefficient (Wildman–Crippen LogP) is 3.32. The van der Waals surface area contributed by atoms with Gasteiger partial charge in [-0.05, 0) is 29.8 Å². The molecule has 0 spiro atoms. The number of alkyl halides is 1. The number of hydrogen-bond acceptors (Lipinski definition) is 2. The monoisotopic (exact) mass is 287 g/mol. The zero-order chi connectivity index (χ0) is 11.7. The van der Waals surface area contributed by atoms with E-state index in [1.165, 1.54) is 5.56 Å². The van der Waals surface area contributed by atoms with Gasteiger partial charge in [-0.3, -0.25) is 0 Å². The highest BCUT2D eigenvalue weighted by Crippen LogP contribution is 2.14. The van der Waals surface area contributed by atoms with E-state index in [0.717, 1.165) is 22.1 Å². The summed E-state index contributed by atoms with van der Waals surface area (Å²) in [7, 11) is 0. The molecule has 1 heterocycles. The lowest BCUT2D eigenvalue weighted by Crippen LogP contribution is -1.98. The molecule has 0 unspecified atom stereocenters. The van der Waals surface area contributed by atoms with Crippen LogP contribution in [-0.4, -0.2) is 15.0 Å². The minimum Gasteiger partial charge on any atom is -0.150 e. The van der Waals surface area contributed by atoms with Gasteiger partial charge in [0.25, 0.3) is 0 Å². The third-order valence-corrected chi connectivity index (χ3v) is 3.23. The summed E-state index contributed by atoms with van der Waals surface area (Å²) in [6, 6.07) is 16.0. The van der Waals surface area contributed by atoms with Crippen molar-refractivity contribution in [2.45, 2.75) is 5.33 Å². The van der Waals surface area contributed by atoms with Crippen LogP contribution in [0.25, 0.3) is 16.7 Å². The molecule has 0 amide bonds. The molecule has 1 aromatic heterocycles. The van der Waals surface area contributed by atoms with Crippen LogP contribution >= 0.6 is 15.9 Å². The first-order valence-electron chi connectivity index (χ1n) is 5.34. The van der Waals surface area contributed by atoms with Gasteiger partial charge >= 0.3 is 0 Å². The molecule has 0 aliphatic rings. The summed E-state index contributed by atoms with van der Waals surface area (Å²) in [5.74, 6) is 0. The fraction of sp³-hybridized carbons (Fsp3) is 0.0769. The second-order valence-electron chi connectivity index (χ2n) is 3.78. The fourth-order valence-corrected chi connectivity index (χ4v) is 2.09. The highest BCUT2D eigenvalue weighted by Gasteiger charge is 2.03. The lowest BCUT2D eigenvalue weighted by atomic mass is 10.2. The molecule has 0 bridgehead atoms. The van der Waals surface area contributed by atoms with Gasteiger partial charge in [-0.2, -0.15) is 4.80 Å². The Kier molecular flexibility index (Phi) is 2.65. The average molecular weight is 288 g/mol. The van der Waals surface area contributed by atoms with Crippen LogP contribution < -0.4 is 0 Å². The Bertz CT molecular complexity index is 627. The molecule has 0 N–H and O–H groups in total. The lowest BCUT2D eigenvalue weighted by Gasteiger charge is -2.00. The third-order valence-electron chi connectivity index (χ3n) is 2.58. The van der Waals surface area contributed by atoms with Crippen molar-refractivity contribution in [3.63, 3.8) is 0 Å². The number of rotatable bonds is 2. The van der Waals surface area contributed by atoms with Crippen LogP contribution in [0.2, 0.25) is 0 Å². The maximum atomic E-state index is 4.45. The van der Waals surface area contributed by atoms with Gasteiger partial charge in [0.2, 0.25) is 0 Å². The molecule has 3 nitrogen and oxygen atoms in total. The number of benzene rings is 2. The SMILES string of the molecule is BrCc1cccc(-n2nc3ccccc3n2)c1. The molecule has 0 fully saturated rings. The Morgan fingerprint density at radius 1 is 0.941 bits per heavy atom. The van der Waals surface area contributed by atoms with Crippen molar-refractivity contribution in [1.82, 2.24) is 15.0 Å². The largest absolute Gasteiger partial charge is 0.150 e. The first-order valence-corrected chi connectivity index (χ1v) is 6.46. The standard InChI is InChI=1S/C13H10BrN3/c14-9-10-4-3-5-11(8-10)17-15-12-6-1-2-7-13(12)16-17/h1-8H,9H2. The fourth-order valence-electron chi connectivity index (χ4n) is 1.74. The Morgan fingerprint density at radius 3 is 2.29 bits per heavy atom. The summed E-state index contributed by atoms with van der Waals surface area (Å²) < 4.78 is 0. The van der Waals surface area contributed by atoms with E-state index >= 15 is 0 Å². The van der Waals surface area contributed by atoms with Crippen LogP contribution in [0, 0.1) is 0 Å². The maximum absolute atomic E-state index is 4.45. The highest BCUT2D eigenvalue weighted by molar-refractivity contribution is 9.08. The zero-order valence-corrected chi connectivity index (χ0v) is 10.6. The summed E-state index contributed by atoms with van der Waals surface area (Å²) in [5, 5.41) is 9.73. The first-order chi connectivity index (χ1) is 8.36. The maximum Gasteiger partial charge on any atom is 0.113 e. The summed E-state index contributed by atoms with van der Waals surface area (Å²) in [6.45, 7) is 0. The molecular formula is C13H10BrN3. The van der Waals surface area contributed by atoms with Gasteiger partial charge in [0.05, 0.1) is 5.69 Å². The van der Waals surface area contributed by atoms with Crippen molar-refractivity contribution < 1.29 is 0 Å². The van der Waals surface area contributed by atoms with Crippen LogP contribution in [0.3, 0.4) is 0 Å². The number of nitrogens with zero attached hydrogens (tertiary/aromatic N) is 3. The first kappa shape index (κ1) is 10.5. The van der Waals surface area contributed by atoms with Gasteiger partial charge in [0, 0.05) is 5.33 Å². The van der Waals surface area contributed by atoms with E-state index in [2.05, 4.69) is 38.3 Å². The molecule has 3 aromatic rings. The Hall–Kier alpha value is -1.68. The van der Waals surface area contributed by atoms with Crippen molar-refractivity contribution in [3.05, 3.63) is 54.1 Å². The second-order valence-corrected chi connectivity index (χ2v) is 4.34. The van der Waals surface area contributed by atoms with Gasteiger partial charge in [-0.1, -0.05) is 40.2 Å². The highest BCUT2D eigenvalue weighted by atomic mass is 79.9. The van der Waals surface area contributed by atoms with Crippen LogP contribution in [0.5, 0.6) is 0 Å². The molecule has 0 radical (unpaired) electrons. The van der Waals surface area contributed by atoms with Gasteiger partial charge < -0.3 is 0 Å². The molecule has 0 atom stereocenters. The summed E-state index contributed by atoms with van der Waals surface area (Å²) in [5.41, 5.74) is 4.02. The number of fused-ring (bicyclic) bond motifs is 1. The molecule has 4 heteroatoms. The summed E-state index contributed by atoms with van der Waals surface area (Å²) >= 11 is 3.45. The molecular weight excluding hydrogens is 278 g/mol. The van der Waals surface area contributed by atoms with Crippen LogP contribution in [0.1, 0.15) is 5.56 Å². The van der Waals surface area contributed by atoms with Gasteiger partial charge in [0.15, 0.2) is 0 Å². The van der Waals surface area contributed by atoms with E-state index in [1.54, 1.807) is 4.80 Å². The number of hydrogen-bond donors (Lipinski definition) is 0. The average Bonchev–Trinajstić information content (AvgIpc) is 2.82. The van der Waals surface area contributed by atoms with E-state index in [1.807, 2.05) is 36.4 Å². The number of aromatic nitrogens is 3. The molecule has 0 aliphatic heterocycles. The van der Waals surface area contributed by atoms with Crippen molar-refractivity contribution in [3.8, 4) is 5.69 Å². The normalized spacial score (nSPS) is 10.9. The summed E-state index contributed by atoms with van der Waals surface area (Å²) in [6.07, 6.45) is 0. The van der Waals surface area contributed by atoms with Crippen molar-refractivity contribution >= 4 is 27.0 Å². The number of halogens is 1. The Morgan fingerprint density at radius 2 is 1.65 bits per heavy atom. The van der Waals surface area contributed by atoms with E-state index in [0.29, 0.717) is 0 Å². The smallest absolute Gasteiger partial charge is 0.113 e. The zero-order valence-electron chi connectivity index (χ0n) is 9.05. The van der Waals surface area contributed by atoms with Gasteiger partial charge in [0.1, 0.15) is 11.0 Å². The Balaban J connectivity index is 2.13. The quantitative estimate of drug-likeness (QED) is 0.677. The van der Waals surface area contributed by atoms with Crippen LogP contribution in [-0.2, 0) is 5.33 Å². The molecule has 3 rings (SSSR count). The Labute approximate surface area is 107 Å². The molecule has 0 aliphatic carbocycles. The molecule has 0 saturated heterocycles. The van der Waals surface area contributed by atoms with E-state index in [-0.39, 0.29) is 0 Å². The van der Waals surface area contributed by atoms with Crippen molar-refractivity contribution in [2.24, 2.45) is 0 Å². The summed E-state index contributed by atoms with van der Waals surface area (Å²) in [4.78, 5) is 1.68. The van der Waals surface area contributed by atoms with E-state index in [9.17, 15) is 0 Å². The topological polar surface area (TPSA) is 30.7 Å². The van der Waals surface area contributed by atoms with Gasteiger partial charge in [-0.25, -0.2) is 0 Å².